The summed E-state index contributed by atoms with van der Waals surface area (Å²) >= 11 is 0. The van der Waals surface area contributed by atoms with Gasteiger partial charge < -0.3 is 5.32 Å². The fraction of sp³-hybridized carbons (Fsp3) is 0.650. The second-order valence-electron chi connectivity index (χ2n) is 9.85. The van der Waals surface area contributed by atoms with Crippen molar-refractivity contribution in [1.82, 2.24) is 19.6 Å². The van der Waals surface area contributed by atoms with Gasteiger partial charge >= 0.3 is 0 Å². The van der Waals surface area contributed by atoms with Gasteiger partial charge in [0.05, 0.1) is 40.5 Å². The minimum Gasteiger partial charge on any atom is -0.307 e. The van der Waals surface area contributed by atoms with Gasteiger partial charge in [0, 0.05) is 17.2 Å². The largest absolute Gasteiger partial charge is 0.307 e. The minimum atomic E-state index is -3.07. The van der Waals surface area contributed by atoms with Gasteiger partial charge in [-0.15, -0.1) is 0 Å². The molecule has 0 saturated carbocycles. The number of sulfone groups is 1. The highest BCUT2D eigenvalue weighted by Crippen LogP contribution is 2.31. The van der Waals surface area contributed by atoms with Crippen molar-refractivity contribution < 1.29 is 13.2 Å². The molecule has 0 unspecified atom stereocenters. The monoisotopic (exact) mass is 421 g/mol. The van der Waals surface area contributed by atoms with E-state index in [1.54, 1.807) is 10.9 Å². The number of rotatable bonds is 3. The SMILES string of the molecule is Cc1c(C(=O)Nc2cc(C(C)(C)C)nn2[C@H]2CCS(=O)(=O)C2)cnn1C(C)(C)C. The molecule has 160 valence electrons. The van der Waals surface area contributed by atoms with Crippen LogP contribution in [0.2, 0.25) is 0 Å². The van der Waals surface area contributed by atoms with Crippen LogP contribution >= 0.6 is 0 Å². The zero-order valence-electron chi connectivity index (χ0n) is 18.3. The highest BCUT2D eigenvalue weighted by molar-refractivity contribution is 7.91. The maximum atomic E-state index is 13.0. The molecule has 1 N–H and O–H groups in total. The summed E-state index contributed by atoms with van der Waals surface area (Å²) < 4.78 is 27.4. The van der Waals surface area contributed by atoms with E-state index in [0.717, 1.165) is 11.4 Å². The molecule has 0 bridgehead atoms. The van der Waals surface area contributed by atoms with Crippen LogP contribution in [0.3, 0.4) is 0 Å². The Hall–Kier alpha value is -2.16. The fourth-order valence-corrected chi connectivity index (χ4v) is 5.29. The second kappa shape index (κ2) is 6.97. The molecule has 1 fully saturated rings. The van der Waals surface area contributed by atoms with Crippen LogP contribution < -0.4 is 5.32 Å². The summed E-state index contributed by atoms with van der Waals surface area (Å²) in [6, 6.07) is 1.57. The highest BCUT2D eigenvalue weighted by atomic mass is 32.2. The van der Waals surface area contributed by atoms with E-state index in [-0.39, 0.29) is 34.4 Å². The summed E-state index contributed by atoms with van der Waals surface area (Å²) in [6.07, 6.45) is 2.07. The molecule has 0 aliphatic carbocycles. The van der Waals surface area contributed by atoms with E-state index in [9.17, 15) is 13.2 Å². The third kappa shape index (κ3) is 4.39. The topological polar surface area (TPSA) is 98.9 Å². The number of carbonyl (C=O) groups is 1. The normalized spacial score (nSPS) is 19.5. The van der Waals surface area contributed by atoms with E-state index in [1.165, 1.54) is 0 Å². The molecule has 1 saturated heterocycles. The van der Waals surface area contributed by atoms with E-state index in [4.69, 9.17) is 0 Å². The molecule has 1 atom stereocenters. The van der Waals surface area contributed by atoms with Crippen molar-refractivity contribution in [1.29, 1.82) is 0 Å². The van der Waals surface area contributed by atoms with Crippen LogP contribution in [0, 0.1) is 6.92 Å². The molecule has 2 aromatic heterocycles. The highest BCUT2D eigenvalue weighted by Gasteiger charge is 2.33. The smallest absolute Gasteiger partial charge is 0.260 e. The zero-order valence-corrected chi connectivity index (χ0v) is 19.1. The van der Waals surface area contributed by atoms with Gasteiger partial charge in [0.15, 0.2) is 9.84 Å². The predicted molar refractivity (Wildman–Crippen MR) is 113 cm³/mol. The molecule has 29 heavy (non-hydrogen) atoms. The van der Waals surface area contributed by atoms with Gasteiger partial charge in [-0.1, -0.05) is 20.8 Å². The first-order chi connectivity index (χ1) is 13.2. The van der Waals surface area contributed by atoms with E-state index in [2.05, 4.69) is 15.5 Å². The van der Waals surface area contributed by atoms with Crippen molar-refractivity contribution in [2.75, 3.05) is 16.8 Å². The Kier molecular flexibility index (Phi) is 5.18. The molecule has 1 amide bonds. The maximum Gasteiger partial charge on any atom is 0.260 e. The molecular weight excluding hydrogens is 390 g/mol. The van der Waals surface area contributed by atoms with Crippen LogP contribution in [0.5, 0.6) is 0 Å². The Bertz CT molecular complexity index is 1040. The Morgan fingerprint density at radius 1 is 1.21 bits per heavy atom. The Morgan fingerprint density at radius 2 is 1.86 bits per heavy atom. The number of hydrogen-bond donors (Lipinski definition) is 1. The van der Waals surface area contributed by atoms with Gasteiger partial charge in [-0.25, -0.2) is 13.1 Å². The van der Waals surface area contributed by atoms with Crippen molar-refractivity contribution in [3.05, 3.63) is 29.2 Å². The summed E-state index contributed by atoms with van der Waals surface area (Å²) in [7, 11) is -3.07. The lowest BCUT2D eigenvalue weighted by molar-refractivity contribution is 0.102. The van der Waals surface area contributed by atoms with Gasteiger partial charge in [-0.3, -0.25) is 9.48 Å². The van der Waals surface area contributed by atoms with Crippen molar-refractivity contribution in [3.8, 4) is 0 Å². The van der Waals surface area contributed by atoms with Crippen LogP contribution in [-0.2, 0) is 20.8 Å². The van der Waals surface area contributed by atoms with E-state index < -0.39 is 9.84 Å². The van der Waals surface area contributed by atoms with Gasteiger partial charge in [0.25, 0.3) is 5.91 Å². The van der Waals surface area contributed by atoms with Crippen molar-refractivity contribution in [2.24, 2.45) is 0 Å². The third-order valence-electron chi connectivity index (χ3n) is 5.19. The first-order valence-electron chi connectivity index (χ1n) is 9.86. The number of anilines is 1. The molecule has 8 nitrogen and oxygen atoms in total. The van der Waals surface area contributed by atoms with Crippen LogP contribution in [-0.4, -0.2) is 45.4 Å². The molecule has 0 spiro atoms. The number of nitrogens with one attached hydrogen (secondary N) is 1. The van der Waals surface area contributed by atoms with Crippen LogP contribution in [0.15, 0.2) is 12.3 Å². The lowest BCUT2D eigenvalue weighted by Gasteiger charge is -2.21. The van der Waals surface area contributed by atoms with Crippen molar-refractivity contribution in [3.63, 3.8) is 0 Å². The number of amides is 1. The molecular formula is C20H31N5O3S. The van der Waals surface area contributed by atoms with Crippen molar-refractivity contribution in [2.45, 2.75) is 71.9 Å². The maximum absolute atomic E-state index is 13.0. The van der Waals surface area contributed by atoms with E-state index in [0.29, 0.717) is 17.8 Å². The average Bonchev–Trinajstić information content (AvgIpc) is 3.22. The number of nitrogens with zero attached hydrogens (tertiary/aromatic N) is 4. The van der Waals surface area contributed by atoms with E-state index >= 15 is 0 Å². The first kappa shape index (κ1) is 21.5. The van der Waals surface area contributed by atoms with Gasteiger partial charge in [-0.2, -0.15) is 10.2 Å². The molecule has 0 aromatic carbocycles. The quantitative estimate of drug-likeness (QED) is 0.821. The Morgan fingerprint density at radius 3 is 2.34 bits per heavy atom. The second-order valence-corrected chi connectivity index (χ2v) is 12.1. The summed E-state index contributed by atoms with van der Waals surface area (Å²) in [6.45, 7) is 14.1. The number of hydrogen-bond acceptors (Lipinski definition) is 5. The van der Waals surface area contributed by atoms with E-state index in [1.807, 2.05) is 59.2 Å². The van der Waals surface area contributed by atoms with Gasteiger partial charge in [0.2, 0.25) is 0 Å². The molecule has 1 aliphatic rings. The predicted octanol–water partition coefficient (Wildman–Crippen LogP) is 3.05. The van der Waals surface area contributed by atoms with Gasteiger partial charge in [0.1, 0.15) is 5.82 Å². The molecule has 9 heteroatoms. The minimum absolute atomic E-state index is 0.0438. The third-order valence-corrected chi connectivity index (χ3v) is 6.94. The van der Waals surface area contributed by atoms with Crippen LogP contribution in [0.4, 0.5) is 5.82 Å². The lowest BCUT2D eigenvalue weighted by Crippen LogP contribution is -2.25. The summed E-state index contributed by atoms with van der Waals surface area (Å²) in [5.41, 5.74) is 1.61. The number of carbonyl (C=O) groups excluding carboxylic acids is 1. The summed E-state index contributed by atoms with van der Waals surface area (Å²) in [5, 5.41) is 12.0. The Balaban J connectivity index is 1.95. The number of aromatic nitrogens is 4. The fourth-order valence-electron chi connectivity index (χ4n) is 3.59. The molecule has 1 aliphatic heterocycles. The molecule has 2 aromatic rings. The molecule has 3 heterocycles. The first-order valence-corrected chi connectivity index (χ1v) is 11.7. The lowest BCUT2D eigenvalue weighted by atomic mass is 9.92. The van der Waals surface area contributed by atoms with Crippen LogP contribution in [0.25, 0.3) is 0 Å². The zero-order chi connectivity index (χ0) is 21.8. The summed E-state index contributed by atoms with van der Waals surface area (Å²) in [4.78, 5) is 13.0. The standard InChI is InChI=1S/C20H31N5O3S/c1-13-15(11-21-25(13)20(5,6)7)18(26)22-17-10-16(19(2,3)4)23-24(17)14-8-9-29(27,28)12-14/h10-11,14H,8-9,12H2,1-7H3,(H,22,26)/t14-/m0/s1. The molecule has 0 radical (unpaired) electrons. The molecule has 3 rings (SSSR count). The Labute approximate surface area is 172 Å². The van der Waals surface area contributed by atoms with Crippen LogP contribution in [0.1, 0.15) is 75.8 Å². The van der Waals surface area contributed by atoms with Gasteiger partial charge in [-0.05, 0) is 34.1 Å². The summed E-state index contributed by atoms with van der Waals surface area (Å²) in [5.74, 6) is 0.431. The van der Waals surface area contributed by atoms with Crippen molar-refractivity contribution >= 4 is 21.6 Å². The average molecular weight is 422 g/mol.